The summed E-state index contributed by atoms with van der Waals surface area (Å²) >= 11 is 0. The average Bonchev–Trinajstić information content (AvgIpc) is 3.38. The second-order valence-electron chi connectivity index (χ2n) is 12.8. The molecule has 2 aliphatic carbocycles. The molecular weight excluding hydrogens is 476 g/mol. The molecule has 8 unspecified atom stereocenters. The molecule has 3 aliphatic heterocycles. The molecule has 0 saturated carbocycles. The maximum absolute atomic E-state index is 13.4. The molecule has 202 valence electrons. The molecule has 3 fully saturated rings. The van der Waals surface area contributed by atoms with Crippen molar-refractivity contribution in [3.63, 3.8) is 0 Å². The summed E-state index contributed by atoms with van der Waals surface area (Å²) < 4.78 is 12.6. The van der Waals surface area contributed by atoms with E-state index in [2.05, 4.69) is 6.92 Å². The highest BCUT2D eigenvalue weighted by Gasteiger charge is 2.67. The van der Waals surface area contributed by atoms with Crippen LogP contribution in [-0.2, 0) is 23.9 Å². The first kappa shape index (κ1) is 26.3. The third-order valence-electron chi connectivity index (χ3n) is 10.7. The number of hydrogen-bond acceptors (Lipinski definition) is 6. The van der Waals surface area contributed by atoms with Gasteiger partial charge in [-0.1, -0.05) is 40.7 Å². The molecule has 3 heterocycles. The number of carboxylic acid groups (broad SMARTS) is 2. The number of aliphatic carboxylic acids is 2. The van der Waals surface area contributed by atoms with Gasteiger partial charge in [0.15, 0.2) is 5.78 Å². The zero-order chi connectivity index (χ0) is 27.3. The summed E-state index contributed by atoms with van der Waals surface area (Å²) in [6.07, 6.45) is 3.65. The lowest BCUT2D eigenvalue weighted by molar-refractivity contribution is -0.169. The Morgan fingerprint density at radius 2 is 1.86 bits per heavy atom. The van der Waals surface area contributed by atoms with Crippen molar-refractivity contribution in [3.8, 4) is 0 Å². The van der Waals surface area contributed by atoms with Gasteiger partial charge < -0.3 is 24.8 Å². The van der Waals surface area contributed by atoms with Crippen LogP contribution in [0.5, 0.6) is 0 Å². The van der Waals surface area contributed by atoms with Crippen LogP contribution in [-0.4, -0.2) is 63.1 Å². The van der Waals surface area contributed by atoms with Crippen molar-refractivity contribution < 1.29 is 39.2 Å². The van der Waals surface area contributed by atoms with Gasteiger partial charge in [0.2, 0.25) is 0 Å². The van der Waals surface area contributed by atoms with E-state index in [9.17, 15) is 29.7 Å². The van der Waals surface area contributed by atoms with Crippen molar-refractivity contribution >= 4 is 17.7 Å². The molecule has 0 aromatic rings. The summed E-state index contributed by atoms with van der Waals surface area (Å²) in [5.41, 5.74) is -1.70. The topological polar surface area (TPSA) is 130 Å². The summed E-state index contributed by atoms with van der Waals surface area (Å²) in [6.45, 7) is 11.3. The highest BCUT2D eigenvalue weighted by Crippen LogP contribution is 2.67. The quantitative estimate of drug-likeness (QED) is 0.472. The fourth-order valence-electron chi connectivity index (χ4n) is 8.11. The monoisotopic (exact) mass is 514 g/mol. The molecule has 2 bridgehead atoms. The van der Waals surface area contributed by atoms with E-state index in [-0.39, 0.29) is 41.8 Å². The number of ketones is 1. The molecule has 5 rings (SSSR count). The van der Waals surface area contributed by atoms with Crippen LogP contribution >= 0.6 is 0 Å². The Labute approximate surface area is 217 Å². The van der Waals surface area contributed by atoms with E-state index in [0.29, 0.717) is 24.0 Å². The third-order valence-corrected chi connectivity index (χ3v) is 10.7. The summed E-state index contributed by atoms with van der Waals surface area (Å²) in [7, 11) is 0. The molecule has 8 nitrogen and oxygen atoms in total. The van der Waals surface area contributed by atoms with E-state index in [4.69, 9.17) is 9.47 Å². The van der Waals surface area contributed by atoms with Gasteiger partial charge in [-0.25, -0.2) is 9.59 Å². The molecule has 37 heavy (non-hydrogen) atoms. The van der Waals surface area contributed by atoms with Gasteiger partial charge in [0.1, 0.15) is 5.60 Å². The molecule has 3 saturated heterocycles. The van der Waals surface area contributed by atoms with Crippen LogP contribution in [0.3, 0.4) is 0 Å². The SMILES string of the molecule is CC(=CC1CC(C)C2(C)C(C=C3C(C(=O)O)=C(CC45CCC(O4)C(C)(C)C5=O)CC(O)C32C)O1)C(=O)O. The van der Waals surface area contributed by atoms with E-state index < -0.39 is 52.1 Å². The predicted molar refractivity (Wildman–Crippen MR) is 134 cm³/mol. The number of hydrogen-bond donors (Lipinski definition) is 3. The molecule has 0 radical (unpaired) electrons. The Bertz CT molecular complexity index is 1180. The Balaban J connectivity index is 1.57. The maximum atomic E-state index is 13.4. The van der Waals surface area contributed by atoms with Crippen molar-refractivity contribution in [2.24, 2.45) is 22.2 Å². The lowest BCUT2D eigenvalue weighted by Gasteiger charge is -2.56. The molecule has 0 amide bonds. The number of carbonyl (C=O) groups is 3. The van der Waals surface area contributed by atoms with Crippen LogP contribution in [0.2, 0.25) is 0 Å². The minimum Gasteiger partial charge on any atom is -0.478 e. The molecule has 5 aliphatic rings. The zero-order valence-electron chi connectivity index (χ0n) is 22.5. The lowest BCUT2D eigenvalue weighted by atomic mass is 9.51. The fraction of sp³-hybridized carbons (Fsp3) is 0.690. The summed E-state index contributed by atoms with van der Waals surface area (Å²) in [4.78, 5) is 37.5. The molecular formula is C29H38O8. The van der Waals surface area contributed by atoms with Crippen LogP contribution in [0.1, 0.15) is 73.6 Å². The van der Waals surface area contributed by atoms with Crippen LogP contribution in [0.15, 0.2) is 34.4 Å². The van der Waals surface area contributed by atoms with Crippen LogP contribution in [0, 0.1) is 22.2 Å². The third kappa shape index (κ3) is 3.34. The molecule has 3 N–H and O–H groups in total. The number of carboxylic acids is 2. The lowest BCUT2D eigenvalue weighted by Crippen LogP contribution is -2.58. The fourth-order valence-corrected chi connectivity index (χ4v) is 8.11. The predicted octanol–water partition coefficient (Wildman–Crippen LogP) is 3.83. The number of rotatable bonds is 5. The summed E-state index contributed by atoms with van der Waals surface area (Å²) in [6, 6.07) is 0. The number of carbonyl (C=O) groups excluding carboxylic acids is 1. The Morgan fingerprint density at radius 3 is 2.43 bits per heavy atom. The standard InChI is InChI=1S/C29H38O8/c1-14(23(31)32)9-17-10-15(2)27(5)21(36-17)12-18-22(24(33)34)16(11-19(30)28(18,27)6)13-29-8-7-20(37-29)26(3,4)25(29)35/h9,12,15,17,19-21,30H,7-8,10-11,13H2,1-6H3,(H,31,32)(H,33,34). The van der Waals surface area contributed by atoms with Crippen molar-refractivity contribution in [2.45, 2.75) is 104 Å². The number of fused-ring (bicyclic) bond motifs is 5. The first-order valence-corrected chi connectivity index (χ1v) is 13.3. The van der Waals surface area contributed by atoms with Gasteiger partial charge in [-0.3, -0.25) is 4.79 Å². The van der Waals surface area contributed by atoms with Gasteiger partial charge in [-0.15, -0.1) is 0 Å². The van der Waals surface area contributed by atoms with Gasteiger partial charge in [0.05, 0.1) is 35.4 Å². The van der Waals surface area contributed by atoms with E-state index in [0.717, 1.165) is 6.42 Å². The highest BCUT2D eigenvalue weighted by molar-refractivity contribution is 5.97. The summed E-state index contributed by atoms with van der Waals surface area (Å²) in [5.74, 6) is -2.07. The zero-order valence-corrected chi connectivity index (χ0v) is 22.5. The Kier molecular flexibility index (Phi) is 5.77. The normalized spacial score (nSPS) is 44.5. The second-order valence-corrected chi connectivity index (χ2v) is 12.8. The number of Topliss-reactive ketones (excluding diaryl/α,β-unsaturated/α-hetero) is 1. The minimum absolute atomic E-state index is 0.00816. The summed E-state index contributed by atoms with van der Waals surface area (Å²) in [5, 5.41) is 31.5. The highest BCUT2D eigenvalue weighted by atomic mass is 16.5. The van der Waals surface area contributed by atoms with Crippen LogP contribution < -0.4 is 0 Å². The maximum Gasteiger partial charge on any atom is 0.335 e. The number of aliphatic hydroxyl groups is 1. The molecule has 0 aromatic heterocycles. The van der Waals surface area contributed by atoms with Gasteiger partial charge in [0.25, 0.3) is 0 Å². The van der Waals surface area contributed by atoms with E-state index in [1.165, 1.54) is 6.92 Å². The van der Waals surface area contributed by atoms with Gasteiger partial charge in [0, 0.05) is 22.8 Å². The largest absolute Gasteiger partial charge is 0.478 e. The Hall–Kier alpha value is -2.29. The van der Waals surface area contributed by atoms with E-state index in [1.807, 2.05) is 33.8 Å². The second kappa shape index (κ2) is 8.10. The molecule has 0 spiro atoms. The number of aliphatic hydroxyl groups excluding tert-OH is 1. The first-order chi connectivity index (χ1) is 17.1. The minimum atomic E-state index is -1.08. The average molecular weight is 515 g/mol. The van der Waals surface area contributed by atoms with Crippen molar-refractivity contribution in [3.05, 3.63) is 34.4 Å². The van der Waals surface area contributed by atoms with Gasteiger partial charge in [-0.05, 0) is 55.7 Å². The van der Waals surface area contributed by atoms with E-state index in [1.54, 1.807) is 6.08 Å². The molecule has 8 heteroatoms. The molecule has 0 aromatic carbocycles. The number of ether oxygens (including phenoxy) is 2. The first-order valence-electron chi connectivity index (χ1n) is 13.3. The Morgan fingerprint density at radius 1 is 1.19 bits per heavy atom. The van der Waals surface area contributed by atoms with Gasteiger partial charge in [-0.2, -0.15) is 0 Å². The van der Waals surface area contributed by atoms with Crippen molar-refractivity contribution in [1.82, 2.24) is 0 Å². The van der Waals surface area contributed by atoms with E-state index >= 15 is 0 Å². The van der Waals surface area contributed by atoms with Crippen LogP contribution in [0.25, 0.3) is 0 Å². The van der Waals surface area contributed by atoms with Crippen molar-refractivity contribution in [2.75, 3.05) is 0 Å². The van der Waals surface area contributed by atoms with Gasteiger partial charge >= 0.3 is 11.9 Å². The van der Waals surface area contributed by atoms with Crippen LogP contribution in [0.4, 0.5) is 0 Å². The van der Waals surface area contributed by atoms with Crippen molar-refractivity contribution in [1.29, 1.82) is 0 Å². The molecule has 8 atom stereocenters. The smallest absolute Gasteiger partial charge is 0.335 e.